The van der Waals surface area contributed by atoms with Gasteiger partial charge in [0.05, 0.1) is 4.90 Å². The van der Waals surface area contributed by atoms with Crippen molar-refractivity contribution in [2.75, 3.05) is 6.54 Å². The standard InChI is InChI=1S/C15H20ClNO3S/c1-3-15(7-4-8-15)10-17-14(18)13-9-12(21(16,19)20)6-5-11(13)2/h5-6,9H,3-4,7-8,10H2,1-2H3,(H,17,18). The Morgan fingerprint density at radius 3 is 2.52 bits per heavy atom. The zero-order chi connectivity index (χ0) is 15.7. The fourth-order valence-corrected chi connectivity index (χ4v) is 3.47. The Morgan fingerprint density at radius 2 is 2.05 bits per heavy atom. The van der Waals surface area contributed by atoms with Gasteiger partial charge in [0.25, 0.3) is 15.0 Å². The summed E-state index contributed by atoms with van der Waals surface area (Å²) in [6.07, 6.45) is 4.53. The van der Waals surface area contributed by atoms with Crippen LogP contribution in [0.25, 0.3) is 0 Å². The Kier molecular flexibility index (Phi) is 4.63. The summed E-state index contributed by atoms with van der Waals surface area (Å²) in [5.41, 5.74) is 1.32. The summed E-state index contributed by atoms with van der Waals surface area (Å²) < 4.78 is 22.7. The summed E-state index contributed by atoms with van der Waals surface area (Å²) >= 11 is 0. The normalized spacial score (nSPS) is 17.1. The van der Waals surface area contributed by atoms with Crippen molar-refractivity contribution in [3.8, 4) is 0 Å². The van der Waals surface area contributed by atoms with Crippen LogP contribution in [0.2, 0.25) is 0 Å². The zero-order valence-electron chi connectivity index (χ0n) is 12.3. The van der Waals surface area contributed by atoms with Crippen LogP contribution in [0.5, 0.6) is 0 Å². The van der Waals surface area contributed by atoms with Gasteiger partial charge >= 0.3 is 0 Å². The van der Waals surface area contributed by atoms with E-state index in [1.165, 1.54) is 18.6 Å². The van der Waals surface area contributed by atoms with Gasteiger partial charge in [-0.1, -0.05) is 19.4 Å². The molecule has 1 aliphatic rings. The van der Waals surface area contributed by atoms with Gasteiger partial charge < -0.3 is 5.32 Å². The summed E-state index contributed by atoms with van der Waals surface area (Å²) in [4.78, 5) is 12.3. The molecule has 0 atom stereocenters. The summed E-state index contributed by atoms with van der Waals surface area (Å²) in [6.45, 7) is 4.55. The Morgan fingerprint density at radius 1 is 1.38 bits per heavy atom. The number of hydrogen-bond donors (Lipinski definition) is 1. The molecule has 1 fully saturated rings. The van der Waals surface area contributed by atoms with Gasteiger partial charge in [0.1, 0.15) is 0 Å². The first-order valence-corrected chi connectivity index (χ1v) is 9.42. The van der Waals surface area contributed by atoms with Crippen molar-refractivity contribution in [3.05, 3.63) is 29.3 Å². The minimum Gasteiger partial charge on any atom is -0.351 e. The predicted molar refractivity (Wildman–Crippen MR) is 83.1 cm³/mol. The largest absolute Gasteiger partial charge is 0.351 e. The van der Waals surface area contributed by atoms with Crippen molar-refractivity contribution in [3.63, 3.8) is 0 Å². The van der Waals surface area contributed by atoms with Gasteiger partial charge in [-0.2, -0.15) is 0 Å². The molecule has 1 aliphatic carbocycles. The minimum atomic E-state index is -3.82. The summed E-state index contributed by atoms with van der Waals surface area (Å²) in [7, 11) is 1.51. The third-order valence-corrected chi connectivity index (χ3v) is 5.87. The number of rotatable bonds is 5. The molecule has 116 valence electrons. The van der Waals surface area contributed by atoms with E-state index in [2.05, 4.69) is 12.2 Å². The van der Waals surface area contributed by atoms with E-state index in [1.807, 2.05) is 0 Å². The fourth-order valence-electron chi connectivity index (χ4n) is 2.69. The van der Waals surface area contributed by atoms with Crippen LogP contribution in [0.15, 0.2) is 23.1 Å². The second-order valence-corrected chi connectivity index (χ2v) is 8.37. The zero-order valence-corrected chi connectivity index (χ0v) is 13.9. The molecule has 0 bridgehead atoms. The first-order chi connectivity index (χ1) is 9.77. The molecule has 0 unspecified atom stereocenters. The Bertz CT molecular complexity index is 645. The molecule has 0 saturated heterocycles. The molecule has 0 heterocycles. The van der Waals surface area contributed by atoms with E-state index in [4.69, 9.17) is 10.7 Å². The molecule has 0 spiro atoms. The van der Waals surface area contributed by atoms with Crippen LogP contribution >= 0.6 is 10.7 Å². The maximum absolute atomic E-state index is 12.3. The lowest BCUT2D eigenvalue weighted by Gasteiger charge is -2.41. The van der Waals surface area contributed by atoms with Crippen molar-refractivity contribution in [2.45, 2.75) is 44.4 Å². The van der Waals surface area contributed by atoms with Crippen molar-refractivity contribution < 1.29 is 13.2 Å². The first-order valence-electron chi connectivity index (χ1n) is 7.11. The third-order valence-electron chi connectivity index (χ3n) is 4.52. The van der Waals surface area contributed by atoms with E-state index in [1.54, 1.807) is 13.0 Å². The lowest BCUT2D eigenvalue weighted by molar-refractivity contribution is 0.0849. The molecule has 1 saturated carbocycles. The van der Waals surface area contributed by atoms with Crippen LogP contribution in [-0.4, -0.2) is 20.9 Å². The highest BCUT2D eigenvalue weighted by molar-refractivity contribution is 8.13. The van der Waals surface area contributed by atoms with E-state index in [0.29, 0.717) is 12.1 Å². The van der Waals surface area contributed by atoms with E-state index in [9.17, 15) is 13.2 Å². The van der Waals surface area contributed by atoms with Gasteiger partial charge in [-0.3, -0.25) is 4.79 Å². The minimum absolute atomic E-state index is 0.0474. The van der Waals surface area contributed by atoms with Crippen molar-refractivity contribution in [2.24, 2.45) is 5.41 Å². The van der Waals surface area contributed by atoms with Crippen LogP contribution in [0.4, 0.5) is 0 Å². The van der Waals surface area contributed by atoms with Gasteiger partial charge in [0.2, 0.25) is 0 Å². The number of hydrogen-bond acceptors (Lipinski definition) is 3. The highest BCUT2D eigenvalue weighted by Gasteiger charge is 2.35. The average Bonchev–Trinajstić information content (AvgIpc) is 2.36. The molecule has 21 heavy (non-hydrogen) atoms. The highest BCUT2D eigenvalue weighted by atomic mass is 35.7. The molecular weight excluding hydrogens is 310 g/mol. The van der Waals surface area contributed by atoms with Gasteiger partial charge in [0, 0.05) is 22.8 Å². The highest BCUT2D eigenvalue weighted by Crippen LogP contribution is 2.43. The van der Waals surface area contributed by atoms with E-state index < -0.39 is 9.05 Å². The summed E-state index contributed by atoms with van der Waals surface area (Å²) in [6, 6.07) is 4.35. The molecule has 2 rings (SSSR count). The maximum atomic E-state index is 12.3. The monoisotopic (exact) mass is 329 g/mol. The molecule has 1 aromatic rings. The lowest BCUT2D eigenvalue weighted by Crippen LogP contribution is -2.41. The number of nitrogens with one attached hydrogen (secondary N) is 1. The molecule has 1 N–H and O–H groups in total. The molecule has 1 aromatic carbocycles. The van der Waals surface area contributed by atoms with E-state index in [0.717, 1.165) is 24.8 Å². The van der Waals surface area contributed by atoms with Crippen molar-refractivity contribution in [1.82, 2.24) is 5.32 Å². The van der Waals surface area contributed by atoms with E-state index >= 15 is 0 Å². The van der Waals surface area contributed by atoms with Gasteiger partial charge in [-0.05, 0) is 49.3 Å². The second kappa shape index (κ2) is 5.97. The number of benzene rings is 1. The molecular formula is C15H20ClNO3S. The van der Waals surface area contributed by atoms with E-state index in [-0.39, 0.29) is 16.2 Å². The fraction of sp³-hybridized carbons (Fsp3) is 0.533. The average molecular weight is 330 g/mol. The SMILES string of the molecule is CCC1(CNC(=O)c2cc(S(=O)(=O)Cl)ccc2C)CCC1. The molecule has 0 radical (unpaired) electrons. The maximum Gasteiger partial charge on any atom is 0.261 e. The van der Waals surface area contributed by atoms with Gasteiger partial charge in [0.15, 0.2) is 0 Å². The molecule has 0 aromatic heterocycles. The topological polar surface area (TPSA) is 63.2 Å². The molecule has 6 heteroatoms. The molecule has 0 aliphatic heterocycles. The molecule has 1 amide bonds. The van der Waals surface area contributed by atoms with Crippen molar-refractivity contribution in [1.29, 1.82) is 0 Å². The molecule has 4 nitrogen and oxygen atoms in total. The smallest absolute Gasteiger partial charge is 0.261 e. The summed E-state index contributed by atoms with van der Waals surface area (Å²) in [5, 5.41) is 2.94. The van der Waals surface area contributed by atoms with Gasteiger partial charge in [-0.15, -0.1) is 0 Å². The second-order valence-electron chi connectivity index (χ2n) is 5.80. The third kappa shape index (κ3) is 3.58. The van der Waals surface area contributed by atoms with Gasteiger partial charge in [-0.25, -0.2) is 8.42 Å². The first kappa shape index (κ1) is 16.3. The summed E-state index contributed by atoms with van der Waals surface area (Å²) in [5.74, 6) is -0.241. The predicted octanol–water partition coefficient (Wildman–Crippen LogP) is 3.23. The van der Waals surface area contributed by atoms with Crippen molar-refractivity contribution >= 4 is 25.6 Å². The van der Waals surface area contributed by atoms with Crippen LogP contribution in [0, 0.1) is 12.3 Å². The number of aryl methyl sites for hydroxylation is 1. The van der Waals surface area contributed by atoms with Crippen LogP contribution < -0.4 is 5.32 Å². The quantitative estimate of drug-likeness (QED) is 0.843. The van der Waals surface area contributed by atoms with Crippen LogP contribution in [0.3, 0.4) is 0 Å². The van der Waals surface area contributed by atoms with Crippen LogP contribution in [0.1, 0.15) is 48.5 Å². The Hall–Kier alpha value is -1.07. The Labute approximate surface area is 130 Å². The number of amides is 1. The lowest BCUT2D eigenvalue weighted by atomic mass is 9.67. The number of carbonyl (C=O) groups is 1. The number of carbonyl (C=O) groups excluding carboxylic acids is 1. The number of halogens is 1. The Balaban J connectivity index is 2.15. The van der Waals surface area contributed by atoms with Crippen LogP contribution in [-0.2, 0) is 9.05 Å².